The van der Waals surface area contributed by atoms with E-state index in [0.29, 0.717) is 11.1 Å². The highest BCUT2D eigenvalue weighted by atomic mass is 16.6. The van der Waals surface area contributed by atoms with E-state index in [2.05, 4.69) is 5.32 Å². The van der Waals surface area contributed by atoms with Crippen LogP contribution < -0.4 is 14.8 Å². The maximum atomic E-state index is 12.5. The van der Waals surface area contributed by atoms with Crippen LogP contribution in [0.5, 0.6) is 11.5 Å². The summed E-state index contributed by atoms with van der Waals surface area (Å²) >= 11 is 0. The van der Waals surface area contributed by atoms with Gasteiger partial charge in [-0.3, -0.25) is 9.59 Å². The van der Waals surface area contributed by atoms with Crippen LogP contribution in [0.1, 0.15) is 54.0 Å². The predicted molar refractivity (Wildman–Crippen MR) is 106 cm³/mol. The fourth-order valence-electron chi connectivity index (χ4n) is 2.30. The van der Waals surface area contributed by atoms with Crippen molar-refractivity contribution in [2.75, 3.05) is 6.54 Å². The summed E-state index contributed by atoms with van der Waals surface area (Å²) in [6.45, 7) is 9.16. The van der Waals surface area contributed by atoms with Crippen molar-refractivity contribution >= 4 is 17.7 Å². The van der Waals surface area contributed by atoms with Crippen LogP contribution in [0.2, 0.25) is 0 Å². The zero-order valence-corrected chi connectivity index (χ0v) is 16.8. The molecule has 0 spiro atoms. The van der Waals surface area contributed by atoms with Crippen molar-refractivity contribution in [3.8, 4) is 11.5 Å². The maximum absolute atomic E-state index is 12.5. The summed E-state index contributed by atoms with van der Waals surface area (Å²) in [5.41, 5.74) is 1.50. The van der Waals surface area contributed by atoms with Crippen molar-refractivity contribution in [1.29, 1.82) is 0 Å². The van der Waals surface area contributed by atoms with E-state index in [0.717, 1.165) is 5.56 Å². The van der Waals surface area contributed by atoms with Crippen LogP contribution in [0.4, 0.5) is 0 Å². The van der Waals surface area contributed by atoms with Crippen molar-refractivity contribution in [3.63, 3.8) is 0 Å². The summed E-state index contributed by atoms with van der Waals surface area (Å²) in [7, 11) is 0. The molecule has 0 aliphatic rings. The van der Waals surface area contributed by atoms with E-state index < -0.39 is 11.9 Å². The first kappa shape index (κ1) is 21.3. The van der Waals surface area contributed by atoms with E-state index in [9.17, 15) is 14.4 Å². The number of ketones is 1. The van der Waals surface area contributed by atoms with Crippen LogP contribution in [0.25, 0.3) is 0 Å². The van der Waals surface area contributed by atoms with Gasteiger partial charge in [0.25, 0.3) is 0 Å². The molecule has 2 aromatic carbocycles. The minimum absolute atomic E-state index is 0.0161. The Kier molecular flexibility index (Phi) is 6.70. The van der Waals surface area contributed by atoms with Crippen LogP contribution in [0.15, 0.2) is 42.5 Å². The van der Waals surface area contributed by atoms with Gasteiger partial charge < -0.3 is 14.8 Å². The van der Waals surface area contributed by atoms with Crippen LogP contribution in [-0.2, 0) is 4.79 Å². The summed E-state index contributed by atoms with van der Waals surface area (Å²) in [4.78, 5) is 36.3. The molecule has 6 heteroatoms. The lowest BCUT2D eigenvalue weighted by molar-refractivity contribution is -0.132. The van der Waals surface area contributed by atoms with Gasteiger partial charge in [-0.2, -0.15) is 0 Å². The summed E-state index contributed by atoms with van der Waals surface area (Å²) in [6, 6.07) is 11.3. The number of ether oxygens (including phenoxy) is 2. The Morgan fingerprint density at radius 1 is 0.893 bits per heavy atom. The summed E-state index contributed by atoms with van der Waals surface area (Å²) < 4.78 is 10.5. The molecule has 0 fully saturated rings. The standard InChI is InChI=1S/C22H25NO5/c1-14-6-8-16(9-7-14)21(26)28-20-12-17(10-11-19(20)27-15(2)24)18(25)13-23-22(3,4)5/h6-12,23H,13H2,1-5H3. The van der Waals surface area contributed by atoms with E-state index >= 15 is 0 Å². The molecule has 0 bridgehead atoms. The molecule has 6 nitrogen and oxygen atoms in total. The largest absolute Gasteiger partial charge is 0.423 e. The number of hydrogen-bond acceptors (Lipinski definition) is 6. The number of carbonyl (C=O) groups excluding carboxylic acids is 3. The topological polar surface area (TPSA) is 81.7 Å². The fraction of sp³-hybridized carbons (Fsp3) is 0.318. The highest BCUT2D eigenvalue weighted by Gasteiger charge is 2.18. The van der Waals surface area contributed by atoms with Gasteiger partial charge in [-0.25, -0.2) is 4.79 Å². The van der Waals surface area contributed by atoms with Gasteiger partial charge in [0.2, 0.25) is 0 Å². The van der Waals surface area contributed by atoms with E-state index in [-0.39, 0.29) is 29.4 Å². The van der Waals surface area contributed by atoms with E-state index in [4.69, 9.17) is 9.47 Å². The predicted octanol–water partition coefficient (Wildman–Crippen LogP) is 3.71. The Morgan fingerprint density at radius 3 is 2.07 bits per heavy atom. The molecule has 2 aromatic rings. The highest BCUT2D eigenvalue weighted by molar-refractivity contribution is 5.99. The summed E-state index contributed by atoms with van der Waals surface area (Å²) in [5.74, 6) is -1.24. The van der Waals surface area contributed by atoms with E-state index in [1.54, 1.807) is 24.3 Å². The summed E-state index contributed by atoms with van der Waals surface area (Å²) in [6.07, 6.45) is 0. The van der Waals surface area contributed by atoms with Gasteiger partial charge in [-0.05, 0) is 58.0 Å². The molecule has 0 aliphatic carbocycles. The Balaban J connectivity index is 2.27. The molecule has 148 valence electrons. The van der Waals surface area contributed by atoms with Gasteiger partial charge in [0.1, 0.15) is 0 Å². The monoisotopic (exact) mass is 383 g/mol. The van der Waals surface area contributed by atoms with Crippen LogP contribution in [-0.4, -0.2) is 29.8 Å². The Hall–Kier alpha value is -2.99. The number of benzene rings is 2. The second-order valence-corrected chi connectivity index (χ2v) is 7.54. The Bertz CT molecular complexity index is 879. The summed E-state index contributed by atoms with van der Waals surface area (Å²) in [5, 5.41) is 3.12. The van der Waals surface area contributed by atoms with Gasteiger partial charge in [-0.15, -0.1) is 0 Å². The van der Waals surface area contributed by atoms with Gasteiger partial charge in [0.15, 0.2) is 17.3 Å². The number of Topliss-reactive ketones (excluding diaryl/α,β-unsaturated/α-hetero) is 1. The molecule has 0 saturated heterocycles. The molecule has 2 rings (SSSR count). The van der Waals surface area contributed by atoms with E-state index in [1.807, 2.05) is 27.7 Å². The molecule has 0 saturated carbocycles. The minimum atomic E-state index is -0.606. The minimum Gasteiger partial charge on any atom is -0.423 e. The first-order valence-corrected chi connectivity index (χ1v) is 8.95. The van der Waals surface area contributed by atoms with Crippen LogP contribution in [0.3, 0.4) is 0 Å². The maximum Gasteiger partial charge on any atom is 0.343 e. The first-order chi connectivity index (χ1) is 13.0. The molecule has 0 aliphatic heterocycles. The van der Waals surface area contributed by atoms with Crippen molar-refractivity contribution in [1.82, 2.24) is 5.32 Å². The quantitative estimate of drug-likeness (QED) is 0.465. The van der Waals surface area contributed by atoms with Crippen LogP contribution in [0, 0.1) is 6.92 Å². The van der Waals surface area contributed by atoms with Crippen molar-refractivity contribution in [3.05, 3.63) is 59.2 Å². The number of esters is 2. The third-order valence-electron chi connectivity index (χ3n) is 3.79. The first-order valence-electron chi connectivity index (χ1n) is 8.95. The average molecular weight is 383 g/mol. The third kappa shape index (κ3) is 6.32. The van der Waals surface area contributed by atoms with Gasteiger partial charge in [0, 0.05) is 18.0 Å². The molecule has 0 atom stereocenters. The molecule has 0 amide bonds. The van der Waals surface area contributed by atoms with Gasteiger partial charge >= 0.3 is 11.9 Å². The average Bonchev–Trinajstić information content (AvgIpc) is 2.60. The molecular weight excluding hydrogens is 358 g/mol. The van der Waals surface area contributed by atoms with E-state index in [1.165, 1.54) is 25.1 Å². The molecule has 0 aromatic heterocycles. The molecule has 0 heterocycles. The smallest absolute Gasteiger partial charge is 0.343 e. The van der Waals surface area contributed by atoms with Gasteiger partial charge in [-0.1, -0.05) is 17.7 Å². The van der Waals surface area contributed by atoms with Crippen molar-refractivity contribution < 1.29 is 23.9 Å². The Morgan fingerprint density at radius 2 is 1.50 bits per heavy atom. The SMILES string of the molecule is CC(=O)Oc1ccc(C(=O)CNC(C)(C)C)cc1OC(=O)c1ccc(C)cc1. The number of hydrogen-bond donors (Lipinski definition) is 1. The van der Waals surface area contributed by atoms with Gasteiger partial charge in [0.05, 0.1) is 12.1 Å². The molecular formula is C22H25NO5. The highest BCUT2D eigenvalue weighted by Crippen LogP contribution is 2.30. The second kappa shape index (κ2) is 8.80. The Labute approximate surface area is 164 Å². The molecule has 1 N–H and O–H groups in total. The number of rotatable bonds is 6. The zero-order valence-electron chi connectivity index (χ0n) is 16.8. The number of aryl methyl sites for hydroxylation is 1. The third-order valence-corrected chi connectivity index (χ3v) is 3.79. The van der Waals surface area contributed by atoms with Crippen molar-refractivity contribution in [2.24, 2.45) is 0 Å². The zero-order chi connectivity index (χ0) is 20.9. The lowest BCUT2D eigenvalue weighted by Crippen LogP contribution is -2.39. The lowest BCUT2D eigenvalue weighted by Gasteiger charge is -2.20. The number of carbonyl (C=O) groups is 3. The molecule has 0 radical (unpaired) electrons. The van der Waals surface area contributed by atoms with Crippen molar-refractivity contribution in [2.45, 2.75) is 40.2 Å². The molecule has 28 heavy (non-hydrogen) atoms. The van der Waals surface area contributed by atoms with Crippen LogP contribution >= 0.6 is 0 Å². The normalized spacial score (nSPS) is 11.0. The number of nitrogens with one attached hydrogen (secondary N) is 1. The second-order valence-electron chi connectivity index (χ2n) is 7.54. The fourth-order valence-corrected chi connectivity index (χ4v) is 2.30. The lowest BCUT2D eigenvalue weighted by atomic mass is 10.1. The molecule has 0 unspecified atom stereocenters.